The number of carbonyl (C=O) groups excluding carboxylic acids is 1. The maximum Gasteiger partial charge on any atom is 0.272 e. The lowest BCUT2D eigenvalue weighted by Gasteiger charge is -2.21. The standard InChI is InChI=1S/C12H19N3O3/c1-4-18-7-10(8(2)3)13-12(17)9-5-6-11(16)15-14-9/h5-6,8,10H,4,7H2,1-3H3,(H,13,17)(H,15,16). The number of aromatic amines is 1. The first-order valence-corrected chi connectivity index (χ1v) is 5.99. The van der Waals surface area contributed by atoms with E-state index in [9.17, 15) is 9.59 Å². The molecule has 0 saturated heterocycles. The molecular formula is C12H19N3O3. The van der Waals surface area contributed by atoms with Gasteiger partial charge >= 0.3 is 0 Å². The molecule has 0 bridgehead atoms. The third kappa shape index (κ3) is 4.29. The van der Waals surface area contributed by atoms with Crippen LogP contribution in [-0.2, 0) is 4.74 Å². The first-order valence-electron chi connectivity index (χ1n) is 5.99. The second kappa shape index (κ2) is 6.90. The second-order valence-electron chi connectivity index (χ2n) is 4.29. The Bertz CT molecular complexity index is 422. The highest BCUT2D eigenvalue weighted by Gasteiger charge is 2.18. The Morgan fingerprint density at radius 2 is 2.22 bits per heavy atom. The number of nitrogens with zero attached hydrogens (tertiary/aromatic N) is 1. The highest BCUT2D eigenvalue weighted by Crippen LogP contribution is 2.03. The molecule has 0 radical (unpaired) electrons. The average molecular weight is 253 g/mol. The number of aromatic nitrogens is 2. The van der Waals surface area contributed by atoms with Crippen LogP contribution in [0, 0.1) is 5.92 Å². The van der Waals surface area contributed by atoms with Gasteiger partial charge in [0.15, 0.2) is 0 Å². The predicted molar refractivity (Wildman–Crippen MR) is 67.4 cm³/mol. The van der Waals surface area contributed by atoms with E-state index in [1.54, 1.807) is 0 Å². The molecule has 1 aromatic rings. The van der Waals surface area contributed by atoms with E-state index in [0.29, 0.717) is 13.2 Å². The molecule has 1 unspecified atom stereocenters. The number of nitrogens with one attached hydrogen (secondary N) is 2. The second-order valence-corrected chi connectivity index (χ2v) is 4.29. The Labute approximate surface area is 106 Å². The average Bonchev–Trinajstić information content (AvgIpc) is 2.34. The van der Waals surface area contributed by atoms with E-state index in [-0.39, 0.29) is 29.1 Å². The van der Waals surface area contributed by atoms with Crippen molar-refractivity contribution in [1.82, 2.24) is 15.5 Å². The van der Waals surface area contributed by atoms with Gasteiger partial charge in [0, 0.05) is 12.7 Å². The first-order chi connectivity index (χ1) is 8.54. The van der Waals surface area contributed by atoms with Gasteiger partial charge in [-0.1, -0.05) is 13.8 Å². The van der Waals surface area contributed by atoms with Crippen molar-refractivity contribution in [3.8, 4) is 0 Å². The molecule has 2 N–H and O–H groups in total. The topological polar surface area (TPSA) is 84.1 Å². The van der Waals surface area contributed by atoms with Gasteiger partial charge in [-0.3, -0.25) is 9.59 Å². The van der Waals surface area contributed by atoms with Crippen LogP contribution in [0.15, 0.2) is 16.9 Å². The summed E-state index contributed by atoms with van der Waals surface area (Å²) >= 11 is 0. The lowest BCUT2D eigenvalue weighted by Crippen LogP contribution is -2.42. The fourth-order valence-electron chi connectivity index (χ4n) is 1.36. The molecule has 18 heavy (non-hydrogen) atoms. The quantitative estimate of drug-likeness (QED) is 0.776. The molecule has 0 aliphatic carbocycles. The van der Waals surface area contributed by atoms with E-state index in [4.69, 9.17) is 4.74 Å². The molecule has 0 spiro atoms. The molecule has 100 valence electrons. The van der Waals surface area contributed by atoms with E-state index in [1.165, 1.54) is 12.1 Å². The molecule has 0 saturated carbocycles. The van der Waals surface area contributed by atoms with E-state index in [1.807, 2.05) is 20.8 Å². The largest absolute Gasteiger partial charge is 0.380 e. The normalized spacial score (nSPS) is 12.4. The monoisotopic (exact) mass is 253 g/mol. The lowest BCUT2D eigenvalue weighted by molar-refractivity contribution is 0.0801. The fourth-order valence-corrected chi connectivity index (χ4v) is 1.36. The van der Waals surface area contributed by atoms with Crippen molar-refractivity contribution in [3.63, 3.8) is 0 Å². The van der Waals surface area contributed by atoms with Gasteiger partial charge in [0.1, 0.15) is 5.69 Å². The number of amides is 1. The molecule has 0 fully saturated rings. The predicted octanol–water partition coefficient (Wildman–Crippen LogP) is 0.561. The molecular weight excluding hydrogens is 234 g/mol. The summed E-state index contributed by atoms with van der Waals surface area (Å²) in [6, 6.07) is 2.59. The molecule has 0 aromatic carbocycles. The van der Waals surface area contributed by atoms with Crippen molar-refractivity contribution in [2.75, 3.05) is 13.2 Å². The minimum Gasteiger partial charge on any atom is -0.380 e. The van der Waals surface area contributed by atoms with Crippen LogP contribution in [0.25, 0.3) is 0 Å². The van der Waals surface area contributed by atoms with Crippen LogP contribution < -0.4 is 10.9 Å². The SMILES string of the molecule is CCOCC(NC(=O)c1ccc(=O)[nH]n1)C(C)C. The van der Waals surface area contributed by atoms with Crippen LogP contribution in [0.3, 0.4) is 0 Å². The zero-order valence-corrected chi connectivity index (χ0v) is 10.9. The van der Waals surface area contributed by atoms with Crippen LogP contribution in [0.5, 0.6) is 0 Å². The Balaban J connectivity index is 2.65. The van der Waals surface area contributed by atoms with Crippen molar-refractivity contribution in [3.05, 3.63) is 28.2 Å². The Morgan fingerprint density at radius 3 is 2.72 bits per heavy atom. The van der Waals surface area contributed by atoms with Crippen molar-refractivity contribution < 1.29 is 9.53 Å². The molecule has 0 aliphatic heterocycles. The number of rotatable bonds is 6. The third-order valence-corrected chi connectivity index (χ3v) is 2.53. The van der Waals surface area contributed by atoms with Crippen LogP contribution >= 0.6 is 0 Å². The van der Waals surface area contributed by atoms with E-state index in [0.717, 1.165) is 0 Å². The number of hydrogen-bond donors (Lipinski definition) is 2. The van der Waals surface area contributed by atoms with Gasteiger partial charge < -0.3 is 10.1 Å². The fraction of sp³-hybridized carbons (Fsp3) is 0.583. The summed E-state index contributed by atoms with van der Waals surface area (Å²) in [5.74, 6) is -0.0621. The Morgan fingerprint density at radius 1 is 1.50 bits per heavy atom. The molecule has 0 aliphatic rings. The van der Waals surface area contributed by atoms with Crippen molar-refractivity contribution in [1.29, 1.82) is 0 Å². The van der Waals surface area contributed by atoms with Gasteiger partial charge in [-0.15, -0.1) is 0 Å². The zero-order valence-electron chi connectivity index (χ0n) is 10.9. The first kappa shape index (κ1) is 14.4. The van der Waals surface area contributed by atoms with Gasteiger partial charge in [0.2, 0.25) is 0 Å². The molecule has 1 rings (SSSR count). The summed E-state index contributed by atoms with van der Waals surface area (Å²) in [4.78, 5) is 22.7. The van der Waals surface area contributed by atoms with Crippen molar-refractivity contribution >= 4 is 5.91 Å². The maximum absolute atomic E-state index is 11.9. The van der Waals surface area contributed by atoms with Crippen LogP contribution in [0.2, 0.25) is 0 Å². The highest BCUT2D eigenvalue weighted by molar-refractivity contribution is 5.92. The van der Waals surface area contributed by atoms with Gasteiger partial charge in [-0.05, 0) is 18.9 Å². The van der Waals surface area contributed by atoms with E-state index >= 15 is 0 Å². The maximum atomic E-state index is 11.9. The minimum atomic E-state index is -0.332. The highest BCUT2D eigenvalue weighted by atomic mass is 16.5. The molecule has 1 heterocycles. The summed E-state index contributed by atoms with van der Waals surface area (Å²) in [6.45, 7) is 6.98. The van der Waals surface area contributed by atoms with Gasteiger partial charge in [-0.2, -0.15) is 5.10 Å². The number of ether oxygens (including phenoxy) is 1. The molecule has 1 atom stereocenters. The molecule has 1 amide bonds. The molecule has 6 heteroatoms. The molecule has 6 nitrogen and oxygen atoms in total. The van der Waals surface area contributed by atoms with Gasteiger partial charge in [-0.25, -0.2) is 5.10 Å². The summed E-state index contributed by atoms with van der Waals surface area (Å²) < 4.78 is 5.32. The number of carbonyl (C=O) groups is 1. The van der Waals surface area contributed by atoms with E-state index < -0.39 is 0 Å². The minimum absolute atomic E-state index is 0.0776. The zero-order chi connectivity index (χ0) is 13.5. The summed E-state index contributed by atoms with van der Waals surface area (Å²) in [5.41, 5.74) is -0.141. The summed E-state index contributed by atoms with van der Waals surface area (Å²) in [5, 5.41) is 8.75. The lowest BCUT2D eigenvalue weighted by atomic mass is 10.1. The van der Waals surface area contributed by atoms with Gasteiger partial charge in [0.05, 0.1) is 12.6 Å². The van der Waals surface area contributed by atoms with Crippen LogP contribution in [0.4, 0.5) is 0 Å². The number of hydrogen-bond acceptors (Lipinski definition) is 4. The summed E-state index contributed by atoms with van der Waals surface area (Å²) in [7, 11) is 0. The van der Waals surface area contributed by atoms with Crippen molar-refractivity contribution in [2.45, 2.75) is 26.8 Å². The van der Waals surface area contributed by atoms with Crippen LogP contribution in [-0.4, -0.2) is 35.4 Å². The summed E-state index contributed by atoms with van der Waals surface area (Å²) in [6.07, 6.45) is 0. The van der Waals surface area contributed by atoms with Crippen molar-refractivity contribution in [2.24, 2.45) is 5.92 Å². The Kier molecular flexibility index (Phi) is 5.51. The van der Waals surface area contributed by atoms with Gasteiger partial charge in [0.25, 0.3) is 11.5 Å². The smallest absolute Gasteiger partial charge is 0.272 e. The number of H-pyrrole nitrogens is 1. The van der Waals surface area contributed by atoms with Crippen LogP contribution in [0.1, 0.15) is 31.3 Å². The molecule has 1 aromatic heterocycles. The van der Waals surface area contributed by atoms with E-state index in [2.05, 4.69) is 15.5 Å². The third-order valence-electron chi connectivity index (χ3n) is 2.53. The Hall–Kier alpha value is -1.69.